The van der Waals surface area contributed by atoms with Gasteiger partial charge in [-0.3, -0.25) is 0 Å². The maximum absolute atomic E-state index is 11.6. The zero-order chi connectivity index (χ0) is 20.1. The molecule has 2 aromatic carbocycles. The highest BCUT2D eigenvalue weighted by Crippen LogP contribution is 2.55. The molecule has 1 saturated heterocycles. The number of ether oxygens (including phenoxy) is 1. The summed E-state index contributed by atoms with van der Waals surface area (Å²) in [4.78, 5) is 4.77. The number of fused-ring (bicyclic) bond motifs is 3. The molecule has 1 N–H and O–H groups in total. The van der Waals surface area contributed by atoms with E-state index < -0.39 is 16.8 Å². The largest absolute Gasteiger partial charge is 0.378 e. The maximum Gasteiger partial charge on any atom is 0.186 e. The first-order valence-electron chi connectivity index (χ1n) is 9.40. The Morgan fingerprint density at radius 2 is 1.89 bits per heavy atom. The summed E-state index contributed by atoms with van der Waals surface area (Å²) in [5, 5.41) is 0. The Labute approximate surface area is 168 Å². The Morgan fingerprint density at radius 3 is 2.54 bits per heavy atom. The van der Waals surface area contributed by atoms with Gasteiger partial charge in [0.05, 0.1) is 11.5 Å². The Balaban J connectivity index is 1.74. The minimum atomic E-state index is -2.00. The summed E-state index contributed by atoms with van der Waals surface area (Å²) in [5.41, 5.74) is 3.41. The molecule has 2 atom stereocenters. The first-order valence-corrected chi connectivity index (χ1v) is 10.5. The topological polar surface area (TPSA) is 53.0 Å². The van der Waals surface area contributed by atoms with Crippen LogP contribution < -0.4 is 9.80 Å². The van der Waals surface area contributed by atoms with Gasteiger partial charge in [0.2, 0.25) is 0 Å². The number of rotatable bonds is 4. The molecular formula is C22H26N2O3S. The molecule has 2 aromatic rings. The second-order valence-corrected chi connectivity index (χ2v) is 9.04. The first-order chi connectivity index (χ1) is 13.3. The van der Waals surface area contributed by atoms with E-state index in [2.05, 4.69) is 60.1 Å². The standard InChI is InChI=1S/C22H26N2O3S/c1-21(2)19-15-18(28(25)26)9-10-20(19)24-13-14-27-22(21,24)12-11-16-5-7-17(8-6-16)23(3)4/h5-12,15H,13-14H2,1-4H3,(H,25,26). The lowest BCUT2D eigenvalue weighted by atomic mass is 9.77. The lowest BCUT2D eigenvalue weighted by Gasteiger charge is -2.39. The SMILES string of the molecule is CN(C)c1ccc(C=CC23OCCN2c2ccc(S(=O)O)cc2C3(C)C)cc1. The Morgan fingerprint density at radius 1 is 1.18 bits per heavy atom. The molecule has 2 heterocycles. The van der Waals surface area contributed by atoms with Crippen LogP contribution in [0.2, 0.25) is 0 Å². The van der Waals surface area contributed by atoms with Crippen LogP contribution in [-0.4, -0.2) is 41.7 Å². The van der Waals surface area contributed by atoms with Crippen molar-refractivity contribution >= 4 is 28.5 Å². The van der Waals surface area contributed by atoms with E-state index >= 15 is 0 Å². The van der Waals surface area contributed by atoms with Gasteiger partial charge >= 0.3 is 0 Å². The number of anilines is 2. The van der Waals surface area contributed by atoms with Gasteiger partial charge in [-0.05, 0) is 47.5 Å². The molecule has 2 aliphatic rings. The Kier molecular flexibility index (Phi) is 4.61. The van der Waals surface area contributed by atoms with Gasteiger partial charge in [-0.15, -0.1) is 0 Å². The second-order valence-electron chi connectivity index (χ2n) is 8.07. The fraction of sp³-hybridized carbons (Fsp3) is 0.364. The van der Waals surface area contributed by atoms with Crippen molar-refractivity contribution in [2.24, 2.45) is 0 Å². The van der Waals surface area contributed by atoms with E-state index in [1.54, 1.807) is 6.07 Å². The zero-order valence-corrected chi connectivity index (χ0v) is 17.5. The second kappa shape index (κ2) is 6.72. The summed E-state index contributed by atoms with van der Waals surface area (Å²) in [5.74, 6) is 0. The molecule has 0 amide bonds. The molecule has 1 fully saturated rings. The van der Waals surface area contributed by atoms with Crippen molar-refractivity contribution in [1.29, 1.82) is 0 Å². The molecule has 4 rings (SSSR count). The fourth-order valence-electron chi connectivity index (χ4n) is 4.35. The van der Waals surface area contributed by atoms with Crippen molar-refractivity contribution in [3.05, 3.63) is 59.7 Å². The maximum atomic E-state index is 11.6. The molecule has 148 valence electrons. The monoisotopic (exact) mass is 398 g/mol. The average Bonchev–Trinajstić information content (AvgIpc) is 3.17. The van der Waals surface area contributed by atoms with E-state index in [1.165, 1.54) is 0 Å². The van der Waals surface area contributed by atoms with E-state index in [4.69, 9.17) is 4.74 Å². The van der Waals surface area contributed by atoms with Crippen molar-refractivity contribution in [1.82, 2.24) is 0 Å². The molecule has 0 spiro atoms. The van der Waals surface area contributed by atoms with Crippen LogP contribution >= 0.6 is 0 Å². The van der Waals surface area contributed by atoms with Crippen LogP contribution in [0.3, 0.4) is 0 Å². The Bertz CT molecular complexity index is 953. The average molecular weight is 399 g/mol. The van der Waals surface area contributed by atoms with E-state index in [-0.39, 0.29) is 5.41 Å². The fourth-order valence-corrected chi connectivity index (χ4v) is 4.75. The molecule has 0 aromatic heterocycles. The van der Waals surface area contributed by atoms with Gasteiger partial charge in [-0.25, -0.2) is 4.21 Å². The molecule has 5 nitrogen and oxygen atoms in total. The van der Waals surface area contributed by atoms with Gasteiger partial charge in [0.15, 0.2) is 16.8 Å². The molecule has 6 heteroatoms. The minimum absolute atomic E-state index is 0.367. The zero-order valence-electron chi connectivity index (χ0n) is 16.7. The van der Waals surface area contributed by atoms with Crippen LogP contribution in [-0.2, 0) is 21.2 Å². The van der Waals surface area contributed by atoms with E-state index in [0.717, 1.165) is 29.0 Å². The van der Waals surface area contributed by atoms with Crippen molar-refractivity contribution in [3.8, 4) is 0 Å². The predicted molar refractivity (Wildman–Crippen MR) is 114 cm³/mol. The van der Waals surface area contributed by atoms with Crippen LogP contribution in [0.4, 0.5) is 11.4 Å². The van der Waals surface area contributed by atoms with Crippen molar-refractivity contribution in [3.63, 3.8) is 0 Å². The van der Waals surface area contributed by atoms with Crippen molar-refractivity contribution < 1.29 is 13.5 Å². The van der Waals surface area contributed by atoms with Crippen LogP contribution in [0.15, 0.2) is 53.4 Å². The lowest BCUT2D eigenvalue weighted by molar-refractivity contribution is 0.000293. The van der Waals surface area contributed by atoms with Gasteiger partial charge in [0.25, 0.3) is 0 Å². The molecule has 28 heavy (non-hydrogen) atoms. The minimum Gasteiger partial charge on any atom is -0.378 e. The van der Waals surface area contributed by atoms with E-state index in [9.17, 15) is 8.76 Å². The summed E-state index contributed by atoms with van der Waals surface area (Å²) in [6.07, 6.45) is 4.25. The van der Waals surface area contributed by atoms with Crippen LogP contribution in [0.5, 0.6) is 0 Å². The summed E-state index contributed by atoms with van der Waals surface area (Å²) in [6.45, 7) is 5.73. The van der Waals surface area contributed by atoms with E-state index in [0.29, 0.717) is 11.5 Å². The van der Waals surface area contributed by atoms with Crippen LogP contribution in [0.1, 0.15) is 25.0 Å². The molecule has 0 saturated carbocycles. The predicted octanol–water partition coefficient (Wildman–Crippen LogP) is 3.87. The van der Waals surface area contributed by atoms with Gasteiger partial charge in [-0.1, -0.05) is 32.1 Å². The summed E-state index contributed by atoms with van der Waals surface area (Å²) < 4.78 is 27.4. The molecular weight excluding hydrogens is 372 g/mol. The molecule has 0 bridgehead atoms. The van der Waals surface area contributed by atoms with Gasteiger partial charge < -0.3 is 19.1 Å². The van der Waals surface area contributed by atoms with Crippen LogP contribution in [0, 0.1) is 0 Å². The molecule has 0 aliphatic carbocycles. The number of benzene rings is 2. The quantitative estimate of drug-likeness (QED) is 0.793. The summed E-state index contributed by atoms with van der Waals surface area (Å²) in [6, 6.07) is 13.9. The van der Waals surface area contributed by atoms with Gasteiger partial charge in [0, 0.05) is 37.4 Å². The summed E-state index contributed by atoms with van der Waals surface area (Å²) >= 11 is -2.00. The highest BCUT2D eigenvalue weighted by Gasteiger charge is 2.59. The number of hydrogen-bond donors (Lipinski definition) is 1. The molecule has 2 unspecified atom stereocenters. The Hall–Kier alpha value is -2.15. The first kappa shape index (κ1) is 19.2. The summed E-state index contributed by atoms with van der Waals surface area (Å²) in [7, 11) is 4.06. The van der Waals surface area contributed by atoms with Crippen molar-refractivity contribution in [2.45, 2.75) is 29.9 Å². The van der Waals surface area contributed by atoms with Gasteiger partial charge in [-0.2, -0.15) is 0 Å². The van der Waals surface area contributed by atoms with Crippen LogP contribution in [0.25, 0.3) is 6.08 Å². The highest BCUT2D eigenvalue weighted by atomic mass is 32.2. The normalized spacial score (nSPS) is 23.7. The third kappa shape index (κ3) is 2.79. The smallest absolute Gasteiger partial charge is 0.186 e. The highest BCUT2D eigenvalue weighted by molar-refractivity contribution is 7.79. The van der Waals surface area contributed by atoms with E-state index in [1.807, 2.05) is 26.2 Å². The third-order valence-corrected chi connectivity index (χ3v) is 6.64. The number of hydrogen-bond acceptors (Lipinski definition) is 4. The third-order valence-electron chi connectivity index (χ3n) is 5.98. The lowest BCUT2D eigenvalue weighted by Crippen LogP contribution is -2.51. The van der Waals surface area contributed by atoms with Crippen molar-refractivity contribution in [2.75, 3.05) is 37.0 Å². The molecule has 0 radical (unpaired) electrons. The number of nitrogens with zero attached hydrogens (tertiary/aromatic N) is 2. The van der Waals surface area contributed by atoms with Gasteiger partial charge in [0.1, 0.15) is 0 Å². The molecule has 2 aliphatic heterocycles.